The van der Waals surface area contributed by atoms with Gasteiger partial charge in [-0.25, -0.2) is 8.78 Å². The van der Waals surface area contributed by atoms with Gasteiger partial charge in [-0.3, -0.25) is 0 Å². The van der Waals surface area contributed by atoms with Gasteiger partial charge in [0.25, 0.3) is 0 Å². The van der Waals surface area contributed by atoms with Crippen molar-refractivity contribution in [2.45, 2.75) is 24.8 Å². The summed E-state index contributed by atoms with van der Waals surface area (Å²) in [5, 5.41) is 12.1. The Morgan fingerprint density at radius 2 is 1.85 bits per heavy atom. The molecule has 0 radical (unpaired) electrons. The summed E-state index contributed by atoms with van der Waals surface area (Å²) in [6.45, 7) is 10.2. The summed E-state index contributed by atoms with van der Waals surface area (Å²) < 4.78 is 28.0. The molecule has 138 valence electrons. The van der Waals surface area contributed by atoms with Gasteiger partial charge in [0.1, 0.15) is 16.7 Å². The number of nitrogens with one attached hydrogen (secondary N) is 1. The maximum absolute atomic E-state index is 14.0. The van der Waals surface area contributed by atoms with Crippen molar-refractivity contribution in [2.75, 3.05) is 5.32 Å². The van der Waals surface area contributed by atoms with Crippen LogP contribution in [-0.4, -0.2) is 10.2 Å². The van der Waals surface area contributed by atoms with E-state index in [1.807, 2.05) is 0 Å². The average Bonchev–Trinajstić information content (AvgIpc) is 2.53. The predicted octanol–water partition coefficient (Wildman–Crippen LogP) is 6.23. The molecule has 2 aromatic rings. The summed E-state index contributed by atoms with van der Waals surface area (Å²) in [6, 6.07) is 7.40. The van der Waals surface area contributed by atoms with Crippen LogP contribution in [0.25, 0.3) is 6.08 Å². The zero-order valence-corrected chi connectivity index (χ0v) is 15.9. The van der Waals surface area contributed by atoms with E-state index in [4.69, 9.17) is 23.2 Å². The highest BCUT2D eigenvalue weighted by Crippen LogP contribution is 2.38. The fourth-order valence-corrected chi connectivity index (χ4v) is 3.14. The van der Waals surface area contributed by atoms with Gasteiger partial charge in [-0.05, 0) is 55.3 Å². The fourth-order valence-electron chi connectivity index (χ4n) is 2.69. The molecular weight excluding hydrogens is 379 g/mol. The van der Waals surface area contributed by atoms with Gasteiger partial charge in [0.05, 0.1) is 5.92 Å². The number of rotatable bonds is 6. The Labute approximate surface area is 161 Å². The van der Waals surface area contributed by atoms with Crippen LogP contribution in [0.5, 0.6) is 0 Å². The molecule has 2 nitrogen and oxygen atoms in total. The molecule has 0 spiro atoms. The van der Waals surface area contributed by atoms with Crippen LogP contribution in [0.1, 0.15) is 29.5 Å². The molecule has 0 aliphatic heterocycles. The summed E-state index contributed by atoms with van der Waals surface area (Å²) in [5.41, 5.74) is 1.65. The van der Waals surface area contributed by atoms with Gasteiger partial charge < -0.3 is 10.4 Å². The Morgan fingerprint density at radius 3 is 2.35 bits per heavy atom. The SMILES string of the molecule is C=Cc1cc(NC(=C)C(c2cc(F)c(C)c(F)c2)C(C)(O)Cl)ccc1Cl. The largest absolute Gasteiger partial charge is 0.374 e. The molecule has 0 heterocycles. The molecule has 2 unspecified atom stereocenters. The van der Waals surface area contributed by atoms with Crippen LogP contribution in [0.2, 0.25) is 5.02 Å². The topological polar surface area (TPSA) is 32.3 Å². The third kappa shape index (κ3) is 4.44. The summed E-state index contributed by atoms with van der Waals surface area (Å²) in [7, 11) is 0. The van der Waals surface area contributed by atoms with Crippen molar-refractivity contribution in [2.24, 2.45) is 0 Å². The number of benzene rings is 2. The van der Waals surface area contributed by atoms with Crippen molar-refractivity contribution in [3.05, 3.63) is 82.5 Å². The summed E-state index contributed by atoms with van der Waals surface area (Å²) >= 11 is 12.1. The van der Waals surface area contributed by atoms with Gasteiger partial charge in [0.2, 0.25) is 0 Å². The lowest BCUT2D eigenvalue weighted by Crippen LogP contribution is -2.30. The molecule has 2 N–H and O–H groups in total. The highest BCUT2D eigenvalue weighted by molar-refractivity contribution is 6.32. The van der Waals surface area contributed by atoms with Crippen LogP contribution >= 0.6 is 23.2 Å². The van der Waals surface area contributed by atoms with E-state index in [1.54, 1.807) is 24.3 Å². The quantitative estimate of drug-likeness (QED) is 0.566. The zero-order valence-electron chi connectivity index (χ0n) is 14.4. The Bertz CT molecular complexity index is 836. The smallest absolute Gasteiger partial charge is 0.148 e. The Morgan fingerprint density at radius 1 is 1.27 bits per heavy atom. The van der Waals surface area contributed by atoms with Crippen molar-refractivity contribution < 1.29 is 13.9 Å². The second-order valence-corrected chi connectivity index (χ2v) is 7.33. The molecule has 2 aromatic carbocycles. The van der Waals surface area contributed by atoms with Crippen molar-refractivity contribution in [1.82, 2.24) is 0 Å². The van der Waals surface area contributed by atoms with Crippen molar-refractivity contribution in [1.29, 1.82) is 0 Å². The lowest BCUT2D eigenvalue weighted by molar-refractivity contribution is 0.130. The van der Waals surface area contributed by atoms with Crippen molar-refractivity contribution in [3.8, 4) is 0 Å². The minimum Gasteiger partial charge on any atom is -0.374 e. The van der Waals surface area contributed by atoms with E-state index in [0.29, 0.717) is 16.3 Å². The maximum Gasteiger partial charge on any atom is 0.148 e. The summed E-state index contributed by atoms with van der Waals surface area (Å²) in [6.07, 6.45) is 1.59. The zero-order chi connectivity index (χ0) is 19.6. The molecule has 0 saturated heterocycles. The number of hydrogen-bond donors (Lipinski definition) is 2. The first kappa shape index (κ1) is 20.4. The first-order valence-corrected chi connectivity index (χ1v) is 8.54. The molecule has 0 saturated carbocycles. The minimum atomic E-state index is -1.83. The molecule has 0 amide bonds. The van der Waals surface area contributed by atoms with Crippen LogP contribution in [0.15, 0.2) is 49.2 Å². The molecule has 2 atom stereocenters. The van der Waals surface area contributed by atoms with Gasteiger partial charge in [-0.1, -0.05) is 42.4 Å². The molecule has 0 aliphatic carbocycles. The van der Waals surface area contributed by atoms with Gasteiger partial charge in [-0.15, -0.1) is 0 Å². The average molecular weight is 398 g/mol. The highest BCUT2D eigenvalue weighted by atomic mass is 35.5. The van der Waals surface area contributed by atoms with E-state index in [9.17, 15) is 13.9 Å². The Balaban J connectivity index is 2.42. The molecular formula is C20H19Cl2F2NO. The molecule has 0 aliphatic rings. The first-order chi connectivity index (χ1) is 12.0. The molecule has 0 aromatic heterocycles. The second kappa shape index (κ2) is 7.78. The van der Waals surface area contributed by atoms with E-state index in [-0.39, 0.29) is 16.8 Å². The van der Waals surface area contributed by atoms with Gasteiger partial charge in [0, 0.05) is 22.0 Å². The summed E-state index contributed by atoms with van der Waals surface area (Å²) in [5.74, 6) is -2.42. The van der Waals surface area contributed by atoms with Gasteiger partial charge >= 0.3 is 0 Å². The van der Waals surface area contributed by atoms with Crippen LogP contribution in [-0.2, 0) is 0 Å². The highest BCUT2D eigenvalue weighted by Gasteiger charge is 2.34. The number of halogens is 4. The molecule has 0 fully saturated rings. The van der Waals surface area contributed by atoms with Gasteiger partial charge in [-0.2, -0.15) is 0 Å². The lowest BCUT2D eigenvalue weighted by atomic mass is 9.89. The first-order valence-electron chi connectivity index (χ1n) is 7.79. The monoisotopic (exact) mass is 397 g/mol. The number of aliphatic hydroxyl groups is 1. The Hall–Kier alpha value is -1.88. The normalized spacial score (nSPS) is 14.4. The van der Waals surface area contributed by atoms with Crippen molar-refractivity contribution >= 4 is 35.0 Å². The van der Waals surface area contributed by atoms with Crippen LogP contribution in [0.4, 0.5) is 14.5 Å². The fraction of sp³-hybridized carbons (Fsp3) is 0.200. The second-order valence-electron chi connectivity index (χ2n) is 6.16. The van der Waals surface area contributed by atoms with E-state index in [2.05, 4.69) is 18.5 Å². The van der Waals surface area contributed by atoms with Crippen LogP contribution in [0, 0.1) is 18.6 Å². The predicted molar refractivity (Wildman–Crippen MR) is 105 cm³/mol. The van der Waals surface area contributed by atoms with E-state index in [0.717, 1.165) is 12.1 Å². The number of alkyl halides is 1. The van der Waals surface area contributed by atoms with Crippen molar-refractivity contribution in [3.63, 3.8) is 0 Å². The van der Waals surface area contributed by atoms with Gasteiger partial charge in [0.15, 0.2) is 0 Å². The van der Waals surface area contributed by atoms with Crippen LogP contribution < -0.4 is 5.32 Å². The summed E-state index contributed by atoms with van der Waals surface area (Å²) in [4.78, 5) is 0. The van der Waals surface area contributed by atoms with E-state index in [1.165, 1.54) is 13.8 Å². The third-order valence-electron chi connectivity index (χ3n) is 4.03. The number of anilines is 1. The molecule has 6 heteroatoms. The third-order valence-corrected chi connectivity index (χ3v) is 4.60. The van der Waals surface area contributed by atoms with E-state index < -0.39 is 22.6 Å². The standard InChI is InChI=1S/C20H19Cl2F2NO/c1-5-13-8-15(6-7-16(13)21)25-12(3)19(20(4,22)26)14-9-17(23)11(2)18(24)10-14/h5-10,19,25-26H,1,3H2,2,4H3. The minimum absolute atomic E-state index is 0.103. The van der Waals surface area contributed by atoms with E-state index >= 15 is 0 Å². The molecule has 26 heavy (non-hydrogen) atoms. The Kier molecular flexibility index (Phi) is 6.12. The maximum atomic E-state index is 14.0. The lowest BCUT2D eigenvalue weighted by Gasteiger charge is -2.30. The molecule has 2 rings (SSSR count). The number of hydrogen-bond acceptors (Lipinski definition) is 2. The molecule has 0 bridgehead atoms. The van der Waals surface area contributed by atoms with Crippen LogP contribution in [0.3, 0.4) is 0 Å².